The third-order valence-corrected chi connectivity index (χ3v) is 4.25. The topological polar surface area (TPSA) is 76.1 Å². The predicted molar refractivity (Wildman–Crippen MR) is 78.4 cm³/mol. The quantitative estimate of drug-likeness (QED) is 0.902. The number of carbonyl (C=O) groups excluding carboxylic acids is 1. The molecule has 22 heavy (non-hydrogen) atoms. The highest BCUT2D eigenvalue weighted by Crippen LogP contribution is 2.40. The molecule has 2 heterocycles. The number of carbonyl (C=O) groups is 2. The van der Waals surface area contributed by atoms with Gasteiger partial charge in [-0.1, -0.05) is 18.5 Å². The Bertz CT molecular complexity index is 633. The van der Waals surface area contributed by atoms with Crippen molar-refractivity contribution >= 4 is 23.5 Å². The molecule has 1 fully saturated rings. The van der Waals surface area contributed by atoms with Crippen LogP contribution in [0.1, 0.15) is 23.7 Å². The van der Waals surface area contributed by atoms with E-state index in [1.165, 1.54) is 6.07 Å². The van der Waals surface area contributed by atoms with Gasteiger partial charge in [-0.2, -0.15) is 0 Å². The summed E-state index contributed by atoms with van der Waals surface area (Å²) in [7, 11) is 0. The number of amides is 1. The second-order valence-corrected chi connectivity index (χ2v) is 6.19. The number of rotatable bonds is 2. The number of likely N-dealkylation sites (tertiary alicyclic amines) is 1. The molecule has 118 valence electrons. The molecule has 3 rings (SSSR count). The van der Waals surface area contributed by atoms with E-state index in [0.29, 0.717) is 35.1 Å². The molecule has 1 N–H and O–H groups in total. The van der Waals surface area contributed by atoms with Crippen molar-refractivity contribution in [3.8, 4) is 11.5 Å². The van der Waals surface area contributed by atoms with Crippen LogP contribution in [0.15, 0.2) is 12.1 Å². The smallest absolute Gasteiger partial charge is 0.308 e. The van der Waals surface area contributed by atoms with Gasteiger partial charge in [0.2, 0.25) is 6.79 Å². The Labute approximate surface area is 132 Å². The van der Waals surface area contributed by atoms with E-state index in [9.17, 15) is 14.7 Å². The summed E-state index contributed by atoms with van der Waals surface area (Å²) in [4.78, 5) is 25.4. The summed E-state index contributed by atoms with van der Waals surface area (Å²) in [6.45, 7) is 2.77. The summed E-state index contributed by atoms with van der Waals surface area (Å²) in [5.74, 6) is -0.615. The molecule has 1 aromatic carbocycles. The lowest BCUT2D eigenvalue weighted by atomic mass is 9.90. The lowest BCUT2D eigenvalue weighted by molar-refractivity contribution is -0.143. The van der Waals surface area contributed by atoms with Crippen LogP contribution in [0.2, 0.25) is 5.02 Å². The van der Waals surface area contributed by atoms with E-state index >= 15 is 0 Å². The van der Waals surface area contributed by atoms with Gasteiger partial charge in [-0.15, -0.1) is 0 Å². The summed E-state index contributed by atoms with van der Waals surface area (Å²) in [5.41, 5.74) is 0.382. The third-order valence-electron chi connectivity index (χ3n) is 3.97. The second kappa shape index (κ2) is 5.68. The lowest BCUT2D eigenvalue weighted by Gasteiger charge is -2.34. The van der Waals surface area contributed by atoms with Crippen LogP contribution in [0, 0.1) is 11.8 Å². The number of piperidine rings is 1. The van der Waals surface area contributed by atoms with E-state index in [1.807, 2.05) is 6.92 Å². The van der Waals surface area contributed by atoms with Crippen LogP contribution in [0.5, 0.6) is 11.5 Å². The highest BCUT2D eigenvalue weighted by molar-refractivity contribution is 6.32. The fourth-order valence-electron chi connectivity index (χ4n) is 2.97. The number of carboxylic acids is 1. The number of fused-ring (bicyclic) bond motifs is 1. The lowest BCUT2D eigenvalue weighted by Crippen LogP contribution is -2.45. The van der Waals surface area contributed by atoms with Gasteiger partial charge in [0.1, 0.15) is 0 Å². The molecular formula is C15H16ClNO5. The van der Waals surface area contributed by atoms with Gasteiger partial charge in [0.25, 0.3) is 5.91 Å². The summed E-state index contributed by atoms with van der Waals surface area (Å²) >= 11 is 6.10. The number of aliphatic carboxylic acids is 1. The first-order valence-electron chi connectivity index (χ1n) is 7.07. The molecule has 2 aliphatic heterocycles. The third kappa shape index (κ3) is 2.70. The molecule has 0 saturated carbocycles. The zero-order valence-corrected chi connectivity index (χ0v) is 12.8. The minimum Gasteiger partial charge on any atom is -0.481 e. The molecule has 7 heteroatoms. The standard InChI is InChI=1S/C15H16ClNO5/c1-8-2-10(15(19)20)6-17(5-8)14(18)9-3-11(16)13-12(4-9)21-7-22-13/h3-4,8,10H,2,5-7H2,1H3,(H,19,20). The Balaban J connectivity index is 1.84. The van der Waals surface area contributed by atoms with Gasteiger partial charge in [0.05, 0.1) is 10.9 Å². The van der Waals surface area contributed by atoms with E-state index in [2.05, 4.69) is 0 Å². The van der Waals surface area contributed by atoms with E-state index in [1.54, 1.807) is 11.0 Å². The largest absolute Gasteiger partial charge is 0.481 e. The number of hydrogen-bond acceptors (Lipinski definition) is 4. The van der Waals surface area contributed by atoms with Crippen molar-refractivity contribution < 1.29 is 24.2 Å². The van der Waals surface area contributed by atoms with Gasteiger partial charge in [0, 0.05) is 18.7 Å². The van der Waals surface area contributed by atoms with E-state index in [0.717, 1.165) is 0 Å². The molecule has 2 aliphatic rings. The molecule has 6 nitrogen and oxygen atoms in total. The van der Waals surface area contributed by atoms with E-state index in [-0.39, 0.29) is 25.2 Å². The average molecular weight is 326 g/mol. The van der Waals surface area contributed by atoms with Crippen molar-refractivity contribution in [2.75, 3.05) is 19.9 Å². The minimum atomic E-state index is -0.868. The van der Waals surface area contributed by atoms with Crippen molar-refractivity contribution in [1.29, 1.82) is 0 Å². The fraction of sp³-hybridized carbons (Fsp3) is 0.467. The molecule has 1 aromatic rings. The molecule has 2 unspecified atom stereocenters. The van der Waals surface area contributed by atoms with Crippen molar-refractivity contribution in [3.63, 3.8) is 0 Å². The Morgan fingerprint density at radius 2 is 2.09 bits per heavy atom. The summed E-state index contributed by atoms with van der Waals surface area (Å²) in [5, 5.41) is 9.52. The van der Waals surface area contributed by atoms with Gasteiger partial charge in [-0.25, -0.2) is 0 Å². The molecule has 1 amide bonds. The Morgan fingerprint density at radius 1 is 1.32 bits per heavy atom. The number of halogens is 1. The van der Waals surface area contributed by atoms with Crippen LogP contribution in [0.3, 0.4) is 0 Å². The normalized spacial score (nSPS) is 23.5. The SMILES string of the molecule is CC1CC(C(=O)O)CN(C(=O)c2cc(Cl)c3c(c2)OCO3)C1. The minimum absolute atomic E-state index is 0.0779. The zero-order chi connectivity index (χ0) is 15.9. The molecule has 1 saturated heterocycles. The highest BCUT2D eigenvalue weighted by atomic mass is 35.5. The summed E-state index contributed by atoms with van der Waals surface area (Å²) < 4.78 is 10.5. The Kier molecular flexibility index (Phi) is 3.87. The number of hydrogen-bond donors (Lipinski definition) is 1. The monoisotopic (exact) mass is 325 g/mol. The predicted octanol–water partition coefficient (Wildman–Crippen LogP) is 2.25. The van der Waals surface area contributed by atoms with Crippen molar-refractivity contribution in [1.82, 2.24) is 4.90 Å². The van der Waals surface area contributed by atoms with E-state index < -0.39 is 11.9 Å². The first kappa shape index (κ1) is 15.0. The fourth-order valence-corrected chi connectivity index (χ4v) is 3.23. The summed E-state index contributed by atoms with van der Waals surface area (Å²) in [6.07, 6.45) is 0.584. The summed E-state index contributed by atoms with van der Waals surface area (Å²) in [6, 6.07) is 3.12. The van der Waals surface area contributed by atoms with Gasteiger partial charge in [-0.05, 0) is 24.5 Å². The van der Waals surface area contributed by atoms with Crippen molar-refractivity contribution in [2.45, 2.75) is 13.3 Å². The van der Waals surface area contributed by atoms with Crippen LogP contribution in [-0.2, 0) is 4.79 Å². The molecule has 0 spiro atoms. The van der Waals surface area contributed by atoms with Gasteiger partial charge in [0.15, 0.2) is 11.5 Å². The number of carboxylic acid groups (broad SMARTS) is 1. The number of ether oxygens (including phenoxy) is 2. The Morgan fingerprint density at radius 3 is 2.82 bits per heavy atom. The molecule has 0 radical (unpaired) electrons. The highest BCUT2D eigenvalue weighted by Gasteiger charge is 2.33. The van der Waals surface area contributed by atoms with Crippen molar-refractivity contribution in [3.05, 3.63) is 22.7 Å². The average Bonchev–Trinajstić information content (AvgIpc) is 2.94. The number of benzene rings is 1. The molecule has 2 atom stereocenters. The van der Waals surface area contributed by atoms with Crippen molar-refractivity contribution in [2.24, 2.45) is 11.8 Å². The zero-order valence-electron chi connectivity index (χ0n) is 12.0. The van der Waals surface area contributed by atoms with Crippen LogP contribution >= 0.6 is 11.6 Å². The second-order valence-electron chi connectivity index (χ2n) is 5.78. The molecular weight excluding hydrogens is 310 g/mol. The van der Waals surface area contributed by atoms with Crippen LogP contribution in [0.4, 0.5) is 0 Å². The van der Waals surface area contributed by atoms with Crippen LogP contribution in [0.25, 0.3) is 0 Å². The molecule has 0 bridgehead atoms. The van der Waals surface area contributed by atoms with Crippen LogP contribution in [-0.4, -0.2) is 41.8 Å². The maximum atomic E-state index is 12.6. The molecule has 0 aliphatic carbocycles. The Hall–Kier alpha value is -1.95. The van der Waals surface area contributed by atoms with Gasteiger partial charge >= 0.3 is 5.97 Å². The van der Waals surface area contributed by atoms with Gasteiger partial charge < -0.3 is 19.5 Å². The first-order chi connectivity index (χ1) is 10.5. The molecule has 0 aromatic heterocycles. The van der Waals surface area contributed by atoms with Crippen LogP contribution < -0.4 is 9.47 Å². The van der Waals surface area contributed by atoms with Gasteiger partial charge in [-0.3, -0.25) is 9.59 Å². The van der Waals surface area contributed by atoms with E-state index in [4.69, 9.17) is 21.1 Å². The maximum Gasteiger partial charge on any atom is 0.308 e. The maximum absolute atomic E-state index is 12.6. The number of nitrogens with zero attached hydrogens (tertiary/aromatic N) is 1. The first-order valence-corrected chi connectivity index (χ1v) is 7.44.